The minimum absolute atomic E-state index is 0.133. The molecule has 7 heteroatoms. The van der Waals surface area contributed by atoms with E-state index in [9.17, 15) is 4.79 Å². The normalized spacial score (nSPS) is 15.2. The van der Waals surface area contributed by atoms with E-state index >= 15 is 0 Å². The van der Waals surface area contributed by atoms with Crippen molar-refractivity contribution in [1.82, 2.24) is 15.2 Å². The van der Waals surface area contributed by atoms with Crippen LogP contribution < -0.4 is 16.4 Å². The van der Waals surface area contributed by atoms with Crippen LogP contribution in [-0.2, 0) is 0 Å². The number of carbonyl (C=O) groups excluding carboxylic acids is 1. The van der Waals surface area contributed by atoms with Gasteiger partial charge in [-0.25, -0.2) is 4.98 Å². The van der Waals surface area contributed by atoms with Crippen LogP contribution in [-0.4, -0.2) is 48.5 Å². The molecule has 20 heavy (non-hydrogen) atoms. The highest BCUT2D eigenvalue weighted by Gasteiger charge is 2.21. The van der Waals surface area contributed by atoms with Crippen molar-refractivity contribution >= 4 is 28.2 Å². The van der Waals surface area contributed by atoms with Gasteiger partial charge >= 0.3 is 0 Å². The summed E-state index contributed by atoms with van der Waals surface area (Å²) in [5.41, 5.74) is 5.82. The molecule has 0 radical (unpaired) electrons. The largest absolute Gasteiger partial charge is 0.382 e. The van der Waals surface area contributed by atoms with Crippen molar-refractivity contribution in [3.63, 3.8) is 0 Å². The number of amides is 1. The van der Waals surface area contributed by atoms with Crippen molar-refractivity contribution in [3.8, 4) is 0 Å². The molecule has 1 amide bonds. The summed E-state index contributed by atoms with van der Waals surface area (Å²) < 4.78 is 0. The lowest BCUT2D eigenvalue weighted by molar-refractivity contribution is 0.0955. The molecule has 1 aliphatic rings. The Bertz CT molecular complexity index is 458. The summed E-state index contributed by atoms with van der Waals surface area (Å²) in [6.45, 7) is 4.50. The second-order valence-electron chi connectivity index (χ2n) is 5.16. The van der Waals surface area contributed by atoms with E-state index in [0.29, 0.717) is 23.3 Å². The van der Waals surface area contributed by atoms with Crippen LogP contribution in [0.4, 0.5) is 10.9 Å². The Balaban J connectivity index is 1.85. The van der Waals surface area contributed by atoms with Crippen LogP contribution in [0.15, 0.2) is 0 Å². The first-order chi connectivity index (χ1) is 9.60. The van der Waals surface area contributed by atoms with E-state index < -0.39 is 0 Å². The van der Waals surface area contributed by atoms with E-state index in [0.717, 1.165) is 18.2 Å². The van der Waals surface area contributed by atoms with E-state index in [1.807, 2.05) is 7.05 Å². The maximum Gasteiger partial charge on any atom is 0.265 e. The molecule has 0 saturated heterocycles. The van der Waals surface area contributed by atoms with Gasteiger partial charge in [0, 0.05) is 19.1 Å². The number of aromatic nitrogens is 1. The van der Waals surface area contributed by atoms with Gasteiger partial charge in [-0.2, -0.15) is 0 Å². The van der Waals surface area contributed by atoms with Crippen LogP contribution in [0.5, 0.6) is 0 Å². The zero-order valence-electron chi connectivity index (χ0n) is 12.1. The minimum Gasteiger partial charge on any atom is -0.382 e. The first-order valence-electron chi connectivity index (χ1n) is 7.09. The first kappa shape index (κ1) is 15.1. The lowest BCUT2D eigenvalue weighted by Crippen LogP contribution is -2.32. The molecule has 4 N–H and O–H groups in total. The van der Waals surface area contributed by atoms with Gasteiger partial charge in [0.05, 0.1) is 0 Å². The number of anilines is 2. The SMILES string of the molecule is CCN(C)CCNC(=O)c1sc(NC2CCC2)nc1N. The number of nitrogens with zero attached hydrogens (tertiary/aromatic N) is 2. The topological polar surface area (TPSA) is 83.3 Å². The molecule has 0 spiro atoms. The number of likely N-dealkylation sites (N-methyl/N-ethyl adjacent to an activating group) is 1. The molecule has 1 aromatic heterocycles. The van der Waals surface area contributed by atoms with Crippen molar-refractivity contribution in [2.24, 2.45) is 0 Å². The molecular weight excluding hydrogens is 274 g/mol. The Hall–Kier alpha value is -1.34. The third-order valence-corrected chi connectivity index (χ3v) is 4.61. The molecule has 2 rings (SSSR count). The molecular formula is C13H23N5OS. The molecule has 1 aromatic rings. The second kappa shape index (κ2) is 6.90. The van der Waals surface area contributed by atoms with E-state index in [1.54, 1.807) is 0 Å². The Morgan fingerprint density at radius 1 is 1.55 bits per heavy atom. The molecule has 1 aliphatic carbocycles. The van der Waals surface area contributed by atoms with Crippen LogP contribution in [0, 0.1) is 0 Å². The van der Waals surface area contributed by atoms with Gasteiger partial charge in [-0.05, 0) is 32.9 Å². The minimum atomic E-state index is -0.133. The average molecular weight is 297 g/mol. The number of hydrogen-bond donors (Lipinski definition) is 3. The summed E-state index contributed by atoms with van der Waals surface area (Å²) in [7, 11) is 2.02. The molecule has 0 atom stereocenters. The van der Waals surface area contributed by atoms with Gasteiger partial charge < -0.3 is 21.3 Å². The monoisotopic (exact) mass is 297 g/mol. The number of nitrogens with one attached hydrogen (secondary N) is 2. The average Bonchev–Trinajstić information content (AvgIpc) is 2.74. The number of hydrogen-bond acceptors (Lipinski definition) is 6. The van der Waals surface area contributed by atoms with E-state index in [-0.39, 0.29) is 5.91 Å². The zero-order chi connectivity index (χ0) is 14.5. The molecule has 0 aliphatic heterocycles. The molecule has 112 valence electrons. The molecule has 1 fully saturated rings. The molecule has 6 nitrogen and oxygen atoms in total. The standard InChI is InChI=1S/C13H23N5OS/c1-3-18(2)8-7-15-12(19)10-11(14)17-13(20-10)16-9-5-4-6-9/h9H,3-8,14H2,1-2H3,(H,15,19)(H,16,17). The molecule has 1 saturated carbocycles. The highest BCUT2D eigenvalue weighted by Crippen LogP contribution is 2.29. The fourth-order valence-electron chi connectivity index (χ4n) is 1.88. The Labute approximate surface area is 123 Å². The van der Waals surface area contributed by atoms with Crippen LogP contribution in [0.2, 0.25) is 0 Å². The smallest absolute Gasteiger partial charge is 0.265 e. The molecule has 0 unspecified atom stereocenters. The number of carbonyl (C=O) groups is 1. The van der Waals surface area contributed by atoms with Gasteiger partial charge in [0.15, 0.2) is 5.13 Å². The van der Waals surface area contributed by atoms with Crippen LogP contribution in [0.25, 0.3) is 0 Å². The van der Waals surface area contributed by atoms with Crippen LogP contribution in [0.1, 0.15) is 35.9 Å². The summed E-state index contributed by atoms with van der Waals surface area (Å²) >= 11 is 1.34. The van der Waals surface area contributed by atoms with E-state index in [2.05, 4.69) is 27.4 Å². The highest BCUT2D eigenvalue weighted by atomic mass is 32.1. The van der Waals surface area contributed by atoms with Crippen molar-refractivity contribution in [2.75, 3.05) is 37.7 Å². The Kier molecular flexibility index (Phi) is 5.19. The van der Waals surface area contributed by atoms with Gasteiger partial charge in [-0.3, -0.25) is 4.79 Å². The van der Waals surface area contributed by atoms with Crippen LogP contribution in [0.3, 0.4) is 0 Å². The van der Waals surface area contributed by atoms with Crippen molar-refractivity contribution in [3.05, 3.63) is 4.88 Å². The predicted octanol–water partition coefficient (Wildman–Crippen LogP) is 1.37. The number of nitrogens with two attached hydrogens (primary N) is 1. The number of nitrogen functional groups attached to an aromatic ring is 1. The fourth-order valence-corrected chi connectivity index (χ4v) is 2.76. The maximum absolute atomic E-state index is 12.1. The summed E-state index contributed by atoms with van der Waals surface area (Å²) in [5.74, 6) is 0.185. The lowest BCUT2D eigenvalue weighted by atomic mass is 9.93. The quantitative estimate of drug-likeness (QED) is 0.708. The molecule has 0 aromatic carbocycles. The summed E-state index contributed by atoms with van der Waals surface area (Å²) in [6, 6.07) is 0.495. The first-order valence-corrected chi connectivity index (χ1v) is 7.91. The second-order valence-corrected chi connectivity index (χ2v) is 6.16. The summed E-state index contributed by atoms with van der Waals surface area (Å²) in [6.07, 6.45) is 3.60. The summed E-state index contributed by atoms with van der Waals surface area (Å²) in [4.78, 5) is 18.9. The Morgan fingerprint density at radius 2 is 2.30 bits per heavy atom. The predicted molar refractivity (Wildman–Crippen MR) is 83.3 cm³/mol. The summed E-state index contributed by atoms with van der Waals surface area (Å²) in [5, 5.41) is 6.95. The van der Waals surface area contributed by atoms with Crippen molar-refractivity contribution < 1.29 is 4.79 Å². The van der Waals surface area contributed by atoms with Gasteiger partial charge in [0.2, 0.25) is 0 Å². The molecule has 0 bridgehead atoms. The van der Waals surface area contributed by atoms with Gasteiger partial charge in [0.1, 0.15) is 10.7 Å². The van der Waals surface area contributed by atoms with Crippen LogP contribution >= 0.6 is 11.3 Å². The Morgan fingerprint density at radius 3 is 2.90 bits per heavy atom. The maximum atomic E-state index is 12.1. The number of rotatable bonds is 7. The van der Waals surface area contributed by atoms with E-state index in [4.69, 9.17) is 5.73 Å². The third kappa shape index (κ3) is 3.83. The fraction of sp³-hybridized carbons (Fsp3) is 0.692. The van der Waals surface area contributed by atoms with Crippen molar-refractivity contribution in [1.29, 1.82) is 0 Å². The van der Waals surface area contributed by atoms with Gasteiger partial charge in [-0.15, -0.1) is 0 Å². The van der Waals surface area contributed by atoms with E-state index in [1.165, 1.54) is 30.6 Å². The zero-order valence-corrected chi connectivity index (χ0v) is 12.9. The van der Waals surface area contributed by atoms with Crippen molar-refractivity contribution in [2.45, 2.75) is 32.2 Å². The number of thiazole rings is 1. The van der Waals surface area contributed by atoms with Gasteiger partial charge in [0.25, 0.3) is 5.91 Å². The third-order valence-electron chi connectivity index (χ3n) is 3.61. The lowest BCUT2D eigenvalue weighted by Gasteiger charge is -2.25. The van der Waals surface area contributed by atoms with Gasteiger partial charge in [-0.1, -0.05) is 18.3 Å². The molecule has 1 heterocycles. The highest BCUT2D eigenvalue weighted by molar-refractivity contribution is 7.18.